The molecule has 1 aromatic carbocycles. The van der Waals surface area contributed by atoms with Crippen molar-refractivity contribution in [2.45, 2.75) is 46.0 Å². The Kier molecular flexibility index (Phi) is 7.19. The van der Waals surface area contributed by atoms with Crippen LogP contribution in [0.3, 0.4) is 0 Å². The Labute approximate surface area is 116 Å². The fourth-order valence-corrected chi connectivity index (χ4v) is 2.13. The largest absolute Gasteiger partial charge is 0.292 e. The van der Waals surface area contributed by atoms with Gasteiger partial charge in [0.15, 0.2) is 0 Å². The zero-order chi connectivity index (χ0) is 14.1. The third-order valence-electron chi connectivity index (χ3n) is 3.05. The van der Waals surface area contributed by atoms with Crippen molar-refractivity contribution in [3.8, 4) is 0 Å². The van der Waals surface area contributed by atoms with Gasteiger partial charge >= 0.3 is 0 Å². The maximum absolute atomic E-state index is 11.2. The van der Waals surface area contributed by atoms with Crippen molar-refractivity contribution in [2.75, 3.05) is 7.05 Å². The van der Waals surface area contributed by atoms with Crippen molar-refractivity contribution in [3.05, 3.63) is 35.4 Å². The van der Waals surface area contributed by atoms with E-state index in [9.17, 15) is 4.79 Å². The second-order valence-corrected chi connectivity index (χ2v) is 5.42. The smallest absolute Gasteiger partial charge is 0.234 e. The van der Waals surface area contributed by atoms with E-state index < -0.39 is 0 Å². The molecule has 0 atom stereocenters. The minimum Gasteiger partial charge on any atom is -0.292 e. The van der Waals surface area contributed by atoms with E-state index in [4.69, 9.17) is 0 Å². The van der Waals surface area contributed by atoms with E-state index in [0.29, 0.717) is 12.3 Å². The molecule has 0 heterocycles. The average molecular weight is 262 g/mol. The minimum absolute atomic E-state index is 0.0646. The summed E-state index contributed by atoms with van der Waals surface area (Å²) in [6.07, 6.45) is 4.77. The maximum Gasteiger partial charge on any atom is 0.234 e. The number of unbranched alkanes of at least 4 members (excludes halogenated alkanes) is 1. The van der Waals surface area contributed by atoms with Crippen LogP contribution in [0, 0.1) is 5.92 Å². The summed E-state index contributed by atoms with van der Waals surface area (Å²) >= 11 is 0. The molecule has 1 aromatic rings. The van der Waals surface area contributed by atoms with Gasteiger partial charge in [0.2, 0.25) is 5.91 Å². The first-order valence-electron chi connectivity index (χ1n) is 7.15. The fraction of sp³-hybridized carbons (Fsp3) is 0.562. The molecule has 0 aliphatic carbocycles. The molecule has 2 N–H and O–H groups in total. The highest BCUT2D eigenvalue weighted by Crippen LogP contribution is 2.12. The molecular formula is C16H26N2O. The predicted molar refractivity (Wildman–Crippen MR) is 79.7 cm³/mol. The number of benzene rings is 1. The number of hydrazine groups is 1. The molecule has 0 aliphatic rings. The van der Waals surface area contributed by atoms with E-state index >= 15 is 0 Å². The molecule has 0 saturated heterocycles. The van der Waals surface area contributed by atoms with Crippen LogP contribution in [0.25, 0.3) is 0 Å². The van der Waals surface area contributed by atoms with Gasteiger partial charge in [0.1, 0.15) is 0 Å². The van der Waals surface area contributed by atoms with Gasteiger partial charge in [-0.1, -0.05) is 38.1 Å². The van der Waals surface area contributed by atoms with Gasteiger partial charge in [0.25, 0.3) is 0 Å². The summed E-state index contributed by atoms with van der Waals surface area (Å²) in [6.45, 7) is 4.48. The zero-order valence-corrected chi connectivity index (χ0v) is 12.3. The van der Waals surface area contributed by atoms with E-state index in [0.717, 1.165) is 25.7 Å². The predicted octanol–water partition coefficient (Wildman–Crippen LogP) is 2.85. The van der Waals surface area contributed by atoms with Gasteiger partial charge in [-0.25, -0.2) is 5.43 Å². The van der Waals surface area contributed by atoms with Crippen molar-refractivity contribution < 1.29 is 4.79 Å². The highest BCUT2D eigenvalue weighted by molar-refractivity contribution is 5.75. The summed E-state index contributed by atoms with van der Waals surface area (Å²) in [6, 6.07) is 8.88. The van der Waals surface area contributed by atoms with E-state index in [1.807, 2.05) is 0 Å². The summed E-state index contributed by atoms with van der Waals surface area (Å²) in [5.74, 6) is 0.770. The summed E-state index contributed by atoms with van der Waals surface area (Å²) < 4.78 is 0. The quantitative estimate of drug-likeness (QED) is 0.559. The standard InChI is InChI=1S/C16H26N2O/c1-13(2)12-15-10-8-14(9-11-15)6-4-5-7-16(19)18-17-3/h8-11,13,17H,4-7,12H2,1-3H3,(H,18,19). The molecule has 0 radical (unpaired) electrons. The van der Waals surface area contributed by atoms with Gasteiger partial charge < -0.3 is 0 Å². The molecule has 1 rings (SSSR count). The first-order valence-corrected chi connectivity index (χ1v) is 7.15. The minimum atomic E-state index is 0.0646. The van der Waals surface area contributed by atoms with Crippen molar-refractivity contribution in [1.82, 2.24) is 10.9 Å². The molecular weight excluding hydrogens is 236 g/mol. The second kappa shape index (κ2) is 8.70. The number of nitrogens with one attached hydrogen (secondary N) is 2. The molecule has 0 aliphatic heterocycles. The lowest BCUT2D eigenvalue weighted by Gasteiger charge is -2.07. The van der Waals surface area contributed by atoms with Crippen molar-refractivity contribution >= 4 is 5.91 Å². The lowest BCUT2D eigenvalue weighted by Crippen LogP contribution is -2.33. The van der Waals surface area contributed by atoms with Crippen LogP contribution >= 0.6 is 0 Å². The third kappa shape index (κ3) is 6.97. The molecule has 106 valence electrons. The molecule has 1 amide bonds. The van der Waals surface area contributed by atoms with Crippen LogP contribution < -0.4 is 10.9 Å². The number of hydrogen-bond acceptors (Lipinski definition) is 2. The molecule has 0 fully saturated rings. The lowest BCUT2D eigenvalue weighted by atomic mass is 10.00. The van der Waals surface area contributed by atoms with Crippen LogP contribution in [-0.2, 0) is 17.6 Å². The molecule has 0 bridgehead atoms. The van der Waals surface area contributed by atoms with E-state index in [1.54, 1.807) is 7.05 Å². The number of rotatable bonds is 8. The molecule has 3 heteroatoms. The Morgan fingerprint density at radius 2 is 1.74 bits per heavy atom. The average Bonchev–Trinajstić information content (AvgIpc) is 2.36. The molecule has 3 nitrogen and oxygen atoms in total. The summed E-state index contributed by atoms with van der Waals surface area (Å²) in [7, 11) is 1.70. The second-order valence-electron chi connectivity index (χ2n) is 5.42. The Balaban J connectivity index is 2.24. The van der Waals surface area contributed by atoms with Gasteiger partial charge in [-0.05, 0) is 42.7 Å². The molecule has 0 spiro atoms. The lowest BCUT2D eigenvalue weighted by molar-refractivity contribution is -0.122. The normalized spacial score (nSPS) is 10.7. The number of amides is 1. The van der Waals surface area contributed by atoms with Crippen molar-refractivity contribution in [2.24, 2.45) is 5.92 Å². The van der Waals surface area contributed by atoms with Gasteiger partial charge in [-0.15, -0.1) is 0 Å². The number of carbonyl (C=O) groups excluding carboxylic acids is 1. The van der Waals surface area contributed by atoms with E-state index in [2.05, 4.69) is 49.0 Å². The van der Waals surface area contributed by atoms with Crippen LogP contribution in [0.15, 0.2) is 24.3 Å². The van der Waals surface area contributed by atoms with Crippen LogP contribution in [0.5, 0.6) is 0 Å². The van der Waals surface area contributed by atoms with Gasteiger partial charge in [0.05, 0.1) is 0 Å². The first-order chi connectivity index (χ1) is 9.11. The first kappa shape index (κ1) is 15.7. The maximum atomic E-state index is 11.2. The molecule has 0 saturated carbocycles. The van der Waals surface area contributed by atoms with Crippen LogP contribution in [-0.4, -0.2) is 13.0 Å². The van der Waals surface area contributed by atoms with E-state index in [1.165, 1.54) is 11.1 Å². The summed E-state index contributed by atoms with van der Waals surface area (Å²) in [4.78, 5) is 11.2. The van der Waals surface area contributed by atoms with E-state index in [-0.39, 0.29) is 5.91 Å². The fourth-order valence-electron chi connectivity index (χ4n) is 2.13. The Bertz CT molecular complexity index is 371. The van der Waals surface area contributed by atoms with Gasteiger partial charge in [-0.3, -0.25) is 10.2 Å². The van der Waals surface area contributed by atoms with Gasteiger partial charge in [-0.2, -0.15) is 0 Å². The van der Waals surface area contributed by atoms with Crippen molar-refractivity contribution in [3.63, 3.8) is 0 Å². The highest BCUT2D eigenvalue weighted by atomic mass is 16.2. The molecule has 0 unspecified atom stereocenters. The van der Waals surface area contributed by atoms with Crippen LogP contribution in [0.4, 0.5) is 0 Å². The Morgan fingerprint density at radius 3 is 2.32 bits per heavy atom. The molecule has 0 aromatic heterocycles. The van der Waals surface area contributed by atoms with Gasteiger partial charge in [0, 0.05) is 13.5 Å². The SMILES string of the molecule is CNNC(=O)CCCCc1ccc(CC(C)C)cc1. The number of carbonyl (C=O) groups is 1. The monoisotopic (exact) mass is 262 g/mol. The third-order valence-corrected chi connectivity index (χ3v) is 3.05. The number of hydrogen-bond donors (Lipinski definition) is 2. The zero-order valence-electron chi connectivity index (χ0n) is 12.3. The Morgan fingerprint density at radius 1 is 1.11 bits per heavy atom. The number of aryl methyl sites for hydroxylation is 1. The summed E-state index contributed by atoms with van der Waals surface area (Å²) in [5.41, 5.74) is 8.00. The van der Waals surface area contributed by atoms with Crippen LogP contribution in [0.2, 0.25) is 0 Å². The highest BCUT2D eigenvalue weighted by Gasteiger charge is 2.01. The summed E-state index contributed by atoms with van der Waals surface area (Å²) in [5, 5.41) is 0. The van der Waals surface area contributed by atoms with Crippen LogP contribution in [0.1, 0.15) is 44.2 Å². The van der Waals surface area contributed by atoms with Crippen molar-refractivity contribution in [1.29, 1.82) is 0 Å². The molecule has 19 heavy (non-hydrogen) atoms. The Hall–Kier alpha value is -1.35. The topological polar surface area (TPSA) is 41.1 Å².